The van der Waals surface area contributed by atoms with Gasteiger partial charge in [0.25, 0.3) is 5.91 Å². The van der Waals surface area contributed by atoms with Crippen LogP contribution in [-0.4, -0.2) is 48.0 Å². The molecular weight excluding hydrogens is 334 g/mol. The molecular formula is C19H27N3O4. The Morgan fingerprint density at radius 1 is 1.23 bits per heavy atom. The Morgan fingerprint density at radius 3 is 2.50 bits per heavy atom. The number of nitrogens with zero attached hydrogens (tertiary/aromatic N) is 1. The molecule has 1 heterocycles. The van der Waals surface area contributed by atoms with Gasteiger partial charge in [0.05, 0.1) is 0 Å². The molecule has 0 saturated carbocycles. The number of hydrogen-bond donors (Lipinski definition) is 2. The van der Waals surface area contributed by atoms with Gasteiger partial charge in [0, 0.05) is 24.8 Å². The minimum atomic E-state index is -0.604. The van der Waals surface area contributed by atoms with E-state index in [9.17, 15) is 14.4 Å². The van der Waals surface area contributed by atoms with Crippen molar-refractivity contribution in [3.05, 3.63) is 29.3 Å². The lowest BCUT2D eigenvalue weighted by Gasteiger charge is -2.28. The average molecular weight is 361 g/mol. The number of rotatable bonds is 3. The summed E-state index contributed by atoms with van der Waals surface area (Å²) in [5.41, 5.74) is 1.33. The molecule has 0 radical (unpaired) electrons. The van der Waals surface area contributed by atoms with Gasteiger partial charge < -0.3 is 15.4 Å². The quantitative estimate of drug-likeness (QED) is 0.866. The zero-order chi connectivity index (χ0) is 19.5. The van der Waals surface area contributed by atoms with Crippen molar-refractivity contribution in [2.24, 2.45) is 0 Å². The molecule has 26 heavy (non-hydrogen) atoms. The van der Waals surface area contributed by atoms with E-state index in [2.05, 4.69) is 10.6 Å². The maximum Gasteiger partial charge on any atom is 0.410 e. The fourth-order valence-corrected chi connectivity index (χ4v) is 2.88. The SMILES string of the molecule is CNC(=O)c1ccc(NC(=O)[C@@H]2CCCN2C(=O)OC(C)(C)C)c(C)c1. The van der Waals surface area contributed by atoms with Gasteiger partial charge in [-0.1, -0.05) is 0 Å². The number of anilines is 1. The average Bonchev–Trinajstić information content (AvgIpc) is 3.04. The highest BCUT2D eigenvalue weighted by Crippen LogP contribution is 2.23. The molecule has 142 valence electrons. The molecule has 1 fully saturated rings. The normalized spacial score (nSPS) is 17.0. The predicted octanol–water partition coefficient (Wildman–Crippen LogP) is 2.69. The first-order valence-electron chi connectivity index (χ1n) is 8.75. The van der Waals surface area contributed by atoms with Crippen molar-refractivity contribution in [1.82, 2.24) is 10.2 Å². The summed E-state index contributed by atoms with van der Waals surface area (Å²) in [5, 5.41) is 5.43. The third kappa shape index (κ3) is 4.74. The largest absolute Gasteiger partial charge is 0.444 e. The molecule has 1 aromatic rings. The molecule has 0 aromatic heterocycles. The summed E-state index contributed by atoms with van der Waals surface area (Å²) >= 11 is 0. The number of aryl methyl sites for hydroxylation is 1. The van der Waals surface area contributed by atoms with Crippen molar-refractivity contribution in [2.75, 3.05) is 18.9 Å². The van der Waals surface area contributed by atoms with Gasteiger partial charge in [0.15, 0.2) is 0 Å². The Kier molecular flexibility index (Phi) is 5.90. The van der Waals surface area contributed by atoms with Crippen LogP contribution < -0.4 is 10.6 Å². The van der Waals surface area contributed by atoms with Crippen LogP contribution in [0.3, 0.4) is 0 Å². The maximum atomic E-state index is 12.7. The van der Waals surface area contributed by atoms with Crippen LogP contribution in [0.1, 0.15) is 49.5 Å². The van der Waals surface area contributed by atoms with Crippen molar-refractivity contribution < 1.29 is 19.1 Å². The highest BCUT2D eigenvalue weighted by molar-refractivity contribution is 5.99. The first-order valence-corrected chi connectivity index (χ1v) is 8.75. The van der Waals surface area contributed by atoms with Gasteiger partial charge in [0.1, 0.15) is 11.6 Å². The molecule has 1 aromatic carbocycles. The molecule has 0 aliphatic carbocycles. The summed E-state index contributed by atoms with van der Waals surface area (Å²) < 4.78 is 5.39. The summed E-state index contributed by atoms with van der Waals surface area (Å²) in [6, 6.07) is 4.52. The zero-order valence-corrected chi connectivity index (χ0v) is 16.0. The molecule has 1 aliphatic rings. The second-order valence-electron chi connectivity index (χ2n) is 7.43. The topological polar surface area (TPSA) is 87.7 Å². The molecule has 2 rings (SSSR count). The van der Waals surface area contributed by atoms with Crippen molar-refractivity contribution >= 4 is 23.6 Å². The fraction of sp³-hybridized carbons (Fsp3) is 0.526. The minimum absolute atomic E-state index is 0.183. The van der Waals surface area contributed by atoms with Crippen LogP contribution in [0, 0.1) is 6.92 Å². The minimum Gasteiger partial charge on any atom is -0.444 e. The predicted molar refractivity (Wildman–Crippen MR) is 99.2 cm³/mol. The summed E-state index contributed by atoms with van der Waals surface area (Å²) in [5.74, 6) is -0.429. The van der Waals surface area contributed by atoms with Crippen LogP contribution in [-0.2, 0) is 9.53 Å². The van der Waals surface area contributed by atoms with Crippen molar-refractivity contribution in [2.45, 2.75) is 52.2 Å². The molecule has 3 amide bonds. The second-order valence-corrected chi connectivity index (χ2v) is 7.43. The summed E-state index contributed by atoms with van der Waals surface area (Å²) in [6.07, 6.45) is 0.883. The Bertz CT molecular complexity index is 709. The van der Waals surface area contributed by atoms with Crippen LogP contribution in [0.2, 0.25) is 0 Å². The van der Waals surface area contributed by atoms with Crippen LogP contribution in [0.5, 0.6) is 0 Å². The van der Waals surface area contributed by atoms with Crippen LogP contribution in [0.4, 0.5) is 10.5 Å². The molecule has 1 saturated heterocycles. The van der Waals surface area contributed by atoms with E-state index in [1.54, 1.807) is 46.0 Å². The van der Waals surface area contributed by atoms with E-state index in [1.165, 1.54) is 4.90 Å². The zero-order valence-electron chi connectivity index (χ0n) is 16.0. The van der Waals surface area contributed by atoms with Crippen molar-refractivity contribution in [3.63, 3.8) is 0 Å². The Balaban J connectivity index is 2.09. The maximum absolute atomic E-state index is 12.7. The second kappa shape index (κ2) is 7.76. The van der Waals surface area contributed by atoms with Crippen LogP contribution in [0.25, 0.3) is 0 Å². The van der Waals surface area contributed by atoms with Gasteiger partial charge in [-0.2, -0.15) is 0 Å². The van der Waals surface area contributed by atoms with Crippen molar-refractivity contribution in [1.29, 1.82) is 0 Å². The molecule has 1 aliphatic heterocycles. The van der Waals surface area contributed by atoms with Gasteiger partial charge in [-0.05, 0) is 64.3 Å². The monoisotopic (exact) mass is 361 g/mol. The number of likely N-dealkylation sites (tertiary alicyclic amines) is 1. The molecule has 2 N–H and O–H groups in total. The van der Waals surface area contributed by atoms with E-state index in [0.717, 1.165) is 12.0 Å². The van der Waals surface area contributed by atoms with E-state index in [1.807, 2.05) is 6.92 Å². The summed E-state index contributed by atoms with van der Waals surface area (Å²) in [4.78, 5) is 38.2. The number of ether oxygens (including phenoxy) is 1. The van der Waals surface area contributed by atoms with Crippen LogP contribution in [0.15, 0.2) is 18.2 Å². The number of benzene rings is 1. The number of carbonyl (C=O) groups excluding carboxylic acids is 3. The third-order valence-corrected chi connectivity index (χ3v) is 4.16. The molecule has 0 spiro atoms. The van der Waals surface area contributed by atoms with Gasteiger partial charge in [0.2, 0.25) is 5.91 Å². The standard InChI is InChI=1S/C19H27N3O4/c1-12-11-13(16(23)20-5)8-9-14(12)21-17(24)15-7-6-10-22(15)18(25)26-19(2,3)4/h8-9,11,15H,6-7,10H2,1-5H3,(H,20,23)(H,21,24)/t15-/m0/s1. The highest BCUT2D eigenvalue weighted by atomic mass is 16.6. The van der Waals surface area contributed by atoms with E-state index in [4.69, 9.17) is 4.74 Å². The van der Waals surface area contributed by atoms with E-state index in [-0.39, 0.29) is 11.8 Å². The third-order valence-electron chi connectivity index (χ3n) is 4.16. The highest BCUT2D eigenvalue weighted by Gasteiger charge is 2.36. The van der Waals surface area contributed by atoms with E-state index < -0.39 is 17.7 Å². The Labute approximate surface area is 154 Å². The number of hydrogen-bond acceptors (Lipinski definition) is 4. The van der Waals surface area contributed by atoms with E-state index >= 15 is 0 Å². The first-order chi connectivity index (χ1) is 12.1. The van der Waals surface area contributed by atoms with Gasteiger partial charge in [-0.15, -0.1) is 0 Å². The summed E-state index contributed by atoms with van der Waals surface area (Å²) in [7, 11) is 1.57. The number of carbonyl (C=O) groups is 3. The lowest BCUT2D eigenvalue weighted by molar-refractivity contribution is -0.120. The lowest BCUT2D eigenvalue weighted by Crippen LogP contribution is -2.45. The first kappa shape index (κ1) is 19.8. The molecule has 1 atom stereocenters. The summed E-state index contributed by atoms with van der Waals surface area (Å²) in [6.45, 7) is 7.72. The Morgan fingerprint density at radius 2 is 1.92 bits per heavy atom. The van der Waals surface area contributed by atoms with Crippen molar-refractivity contribution in [3.8, 4) is 0 Å². The number of amides is 3. The molecule has 0 unspecified atom stereocenters. The molecule has 7 heteroatoms. The van der Waals surface area contributed by atoms with E-state index in [0.29, 0.717) is 24.2 Å². The van der Waals surface area contributed by atoms with Gasteiger partial charge >= 0.3 is 6.09 Å². The molecule has 7 nitrogen and oxygen atoms in total. The lowest BCUT2D eigenvalue weighted by atomic mass is 10.1. The fourth-order valence-electron chi connectivity index (χ4n) is 2.88. The van der Waals surface area contributed by atoms with Gasteiger partial charge in [-0.3, -0.25) is 14.5 Å². The molecule has 0 bridgehead atoms. The number of nitrogens with one attached hydrogen (secondary N) is 2. The smallest absolute Gasteiger partial charge is 0.410 e. The van der Waals surface area contributed by atoms with Gasteiger partial charge in [-0.25, -0.2) is 4.79 Å². The Hall–Kier alpha value is -2.57. The van der Waals surface area contributed by atoms with Crippen LogP contribution >= 0.6 is 0 Å².